The Morgan fingerprint density at radius 2 is 1.75 bits per heavy atom. The maximum absolute atomic E-state index is 12.0. The number of carbonyl (C=O) groups is 3. The molecule has 1 atom stereocenters. The van der Waals surface area contributed by atoms with Crippen molar-refractivity contribution in [3.05, 3.63) is 0 Å². The molecule has 7 heteroatoms. The number of carboxylic acid groups (broad SMARTS) is 1. The Labute approximate surface area is 118 Å². The molecule has 0 spiro atoms. The highest BCUT2D eigenvalue weighted by Crippen LogP contribution is 2.05. The van der Waals surface area contributed by atoms with Gasteiger partial charge in [-0.25, -0.2) is 4.79 Å². The summed E-state index contributed by atoms with van der Waals surface area (Å²) in [6, 6.07) is -0.362. The Morgan fingerprint density at radius 3 is 2.35 bits per heavy atom. The second kappa shape index (κ2) is 7.72. The molecule has 114 valence electrons. The summed E-state index contributed by atoms with van der Waals surface area (Å²) in [7, 11) is 0. The van der Waals surface area contributed by atoms with Crippen LogP contribution < -0.4 is 5.32 Å². The van der Waals surface area contributed by atoms with Gasteiger partial charge in [0.15, 0.2) is 0 Å². The quantitative estimate of drug-likeness (QED) is 0.787. The number of carbonyl (C=O) groups excluding carboxylic acids is 2. The molecule has 1 rings (SSSR count). The summed E-state index contributed by atoms with van der Waals surface area (Å²) in [6.45, 7) is 5.67. The average molecular weight is 285 g/mol. The SMILES string of the molecule is CC(=O)N1CCCN(C(=O)NC(C)CCC(=O)O)CC1. The van der Waals surface area contributed by atoms with Crippen molar-refractivity contribution < 1.29 is 19.5 Å². The van der Waals surface area contributed by atoms with E-state index >= 15 is 0 Å². The molecular formula is C13H23N3O4. The molecule has 3 amide bonds. The number of amides is 3. The maximum Gasteiger partial charge on any atom is 0.317 e. The summed E-state index contributed by atoms with van der Waals surface area (Å²) in [5.74, 6) is -0.833. The lowest BCUT2D eigenvalue weighted by Gasteiger charge is -2.24. The summed E-state index contributed by atoms with van der Waals surface area (Å²) >= 11 is 0. The highest BCUT2D eigenvalue weighted by Gasteiger charge is 2.21. The molecule has 1 saturated heterocycles. The number of urea groups is 1. The first-order valence-electron chi connectivity index (χ1n) is 6.93. The molecule has 20 heavy (non-hydrogen) atoms. The lowest BCUT2D eigenvalue weighted by atomic mass is 10.2. The summed E-state index contributed by atoms with van der Waals surface area (Å²) in [5, 5.41) is 11.4. The van der Waals surface area contributed by atoms with Crippen LogP contribution in [-0.4, -0.2) is 65.0 Å². The van der Waals surface area contributed by atoms with Gasteiger partial charge in [0.1, 0.15) is 0 Å². The van der Waals surface area contributed by atoms with Crippen LogP contribution >= 0.6 is 0 Å². The van der Waals surface area contributed by atoms with Crippen LogP contribution in [-0.2, 0) is 9.59 Å². The van der Waals surface area contributed by atoms with Crippen molar-refractivity contribution in [2.75, 3.05) is 26.2 Å². The number of aliphatic carboxylic acids is 1. The summed E-state index contributed by atoms with van der Waals surface area (Å²) in [5.41, 5.74) is 0. The zero-order chi connectivity index (χ0) is 15.1. The Morgan fingerprint density at radius 1 is 1.15 bits per heavy atom. The number of hydrogen-bond acceptors (Lipinski definition) is 3. The molecule has 0 aromatic rings. The van der Waals surface area contributed by atoms with Gasteiger partial charge in [-0.3, -0.25) is 9.59 Å². The monoisotopic (exact) mass is 285 g/mol. The Hall–Kier alpha value is -1.79. The van der Waals surface area contributed by atoms with E-state index in [2.05, 4.69) is 5.32 Å². The van der Waals surface area contributed by atoms with E-state index in [0.717, 1.165) is 6.42 Å². The highest BCUT2D eigenvalue weighted by atomic mass is 16.4. The average Bonchev–Trinajstić information content (AvgIpc) is 2.62. The van der Waals surface area contributed by atoms with E-state index in [1.807, 2.05) is 0 Å². The summed E-state index contributed by atoms with van der Waals surface area (Å²) in [4.78, 5) is 37.2. The molecule has 0 radical (unpaired) electrons. The van der Waals surface area contributed by atoms with Gasteiger partial charge in [-0.15, -0.1) is 0 Å². The Balaban J connectivity index is 2.39. The molecule has 1 heterocycles. The van der Waals surface area contributed by atoms with E-state index in [-0.39, 0.29) is 24.4 Å². The third-order valence-electron chi connectivity index (χ3n) is 3.39. The van der Waals surface area contributed by atoms with E-state index in [4.69, 9.17) is 5.11 Å². The second-order valence-electron chi connectivity index (χ2n) is 5.13. The number of rotatable bonds is 4. The third-order valence-corrected chi connectivity index (χ3v) is 3.39. The number of nitrogens with zero attached hydrogens (tertiary/aromatic N) is 2. The lowest BCUT2D eigenvalue weighted by Crippen LogP contribution is -2.45. The molecule has 7 nitrogen and oxygen atoms in total. The van der Waals surface area contributed by atoms with Crippen molar-refractivity contribution >= 4 is 17.9 Å². The fourth-order valence-corrected chi connectivity index (χ4v) is 2.15. The van der Waals surface area contributed by atoms with Crippen LogP contribution in [0.3, 0.4) is 0 Å². The summed E-state index contributed by atoms with van der Waals surface area (Å²) < 4.78 is 0. The minimum Gasteiger partial charge on any atom is -0.481 e. The van der Waals surface area contributed by atoms with Crippen LogP contribution in [0.4, 0.5) is 4.79 Å². The van der Waals surface area contributed by atoms with Crippen LogP contribution in [0.25, 0.3) is 0 Å². The van der Waals surface area contributed by atoms with Gasteiger partial charge in [-0.05, 0) is 19.8 Å². The zero-order valence-electron chi connectivity index (χ0n) is 12.1. The van der Waals surface area contributed by atoms with Crippen molar-refractivity contribution in [1.82, 2.24) is 15.1 Å². The minimum atomic E-state index is -0.863. The van der Waals surface area contributed by atoms with Gasteiger partial charge in [0.25, 0.3) is 0 Å². The molecule has 0 aromatic carbocycles. The van der Waals surface area contributed by atoms with Crippen LogP contribution in [0.1, 0.15) is 33.1 Å². The van der Waals surface area contributed by atoms with E-state index in [1.54, 1.807) is 16.7 Å². The van der Waals surface area contributed by atoms with Crippen LogP contribution in [0, 0.1) is 0 Å². The minimum absolute atomic E-state index is 0.0297. The topological polar surface area (TPSA) is 90.0 Å². The first kappa shape index (κ1) is 16.3. The molecule has 2 N–H and O–H groups in total. The molecule has 0 aromatic heterocycles. The molecule has 1 aliphatic heterocycles. The summed E-state index contributed by atoms with van der Waals surface area (Å²) in [6.07, 6.45) is 1.21. The molecule has 0 saturated carbocycles. The van der Waals surface area contributed by atoms with Gasteiger partial charge in [0.2, 0.25) is 5.91 Å². The molecule has 1 fully saturated rings. The van der Waals surface area contributed by atoms with E-state index < -0.39 is 5.97 Å². The zero-order valence-corrected chi connectivity index (χ0v) is 12.1. The fourth-order valence-electron chi connectivity index (χ4n) is 2.15. The van der Waals surface area contributed by atoms with Crippen LogP contribution in [0.2, 0.25) is 0 Å². The molecule has 1 unspecified atom stereocenters. The standard InChI is InChI=1S/C13H23N3O4/c1-10(4-5-12(18)19)14-13(20)16-7-3-6-15(8-9-16)11(2)17/h10H,3-9H2,1-2H3,(H,14,20)(H,18,19). The van der Waals surface area contributed by atoms with E-state index in [0.29, 0.717) is 32.6 Å². The molecule has 1 aliphatic rings. The molecular weight excluding hydrogens is 262 g/mol. The second-order valence-corrected chi connectivity index (χ2v) is 5.13. The van der Waals surface area contributed by atoms with Crippen LogP contribution in [0.5, 0.6) is 0 Å². The number of hydrogen-bond donors (Lipinski definition) is 2. The first-order chi connectivity index (χ1) is 9.40. The smallest absolute Gasteiger partial charge is 0.317 e. The molecule has 0 aliphatic carbocycles. The van der Waals surface area contributed by atoms with Gasteiger partial charge in [-0.1, -0.05) is 0 Å². The maximum atomic E-state index is 12.0. The van der Waals surface area contributed by atoms with Gasteiger partial charge in [-0.2, -0.15) is 0 Å². The van der Waals surface area contributed by atoms with Crippen molar-refractivity contribution in [2.45, 2.75) is 39.2 Å². The number of nitrogens with one attached hydrogen (secondary N) is 1. The normalized spacial score (nSPS) is 17.3. The lowest BCUT2D eigenvalue weighted by molar-refractivity contribution is -0.137. The number of carboxylic acids is 1. The molecule has 0 bridgehead atoms. The Kier molecular flexibility index (Phi) is 6.27. The van der Waals surface area contributed by atoms with Crippen molar-refractivity contribution in [3.8, 4) is 0 Å². The van der Waals surface area contributed by atoms with E-state index in [1.165, 1.54) is 6.92 Å². The van der Waals surface area contributed by atoms with Gasteiger partial charge in [0.05, 0.1) is 0 Å². The Bertz CT molecular complexity index is 373. The van der Waals surface area contributed by atoms with E-state index in [9.17, 15) is 14.4 Å². The predicted octanol–water partition coefficient (Wildman–Crippen LogP) is 0.504. The predicted molar refractivity (Wildman–Crippen MR) is 73.3 cm³/mol. The van der Waals surface area contributed by atoms with Gasteiger partial charge < -0.3 is 20.2 Å². The van der Waals surface area contributed by atoms with Gasteiger partial charge in [0, 0.05) is 45.6 Å². The fraction of sp³-hybridized carbons (Fsp3) is 0.769. The van der Waals surface area contributed by atoms with Crippen molar-refractivity contribution in [2.24, 2.45) is 0 Å². The van der Waals surface area contributed by atoms with Gasteiger partial charge >= 0.3 is 12.0 Å². The highest BCUT2D eigenvalue weighted by molar-refractivity contribution is 5.75. The first-order valence-corrected chi connectivity index (χ1v) is 6.93. The van der Waals surface area contributed by atoms with Crippen molar-refractivity contribution in [3.63, 3.8) is 0 Å². The van der Waals surface area contributed by atoms with Crippen LogP contribution in [0.15, 0.2) is 0 Å². The largest absolute Gasteiger partial charge is 0.481 e. The third kappa shape index (κ3) is 5.46. The van der Waals surface area contributed by atoms with Crippen molar-refractivity contribution in [1.29, 1.82) is 0 Å².